The SMILES string of the molecule is C[C@@](O)(C#N)c1ccccc1F. The summed E-state index contributed by atoms with van der Waals surface area (Å²) in [5, 5.41) is 17.9. The van der Waals surface area contributed by atoms with Crippen LogP contribution in [-0.2, 0) is 5.60 Å². The lowest BCUT2D eigenvalue weighted by Gasteiger charge is -2.14. The fourth-order valence-electron chi connectivity index (χ4n) is 0.916. The molecule has 0 radical (unpaired) electrons. The van der Waals surface area contributed by atoms with Gasteiger partial charge in [0.2, 0.25) is 0 Å². The predicted molar refractivity (Wildman–Crippen MR) is 41.6 cm³/mol. The van der Waals surface area contributed by atoms with Crippen molar-refractivity contribution < 1.29 is 9.50 Å². The summed E-state index contributed by atoms with van der Waals surface area (Å²) in [4.78, 5) is 0. The zero-order chi connectivity index (χ0) is 9.19. The Bertz CT molecular complexity index is 328. The molecule has 12 heavy (non-hydrogen) atoms. The molecule has 0 aliphatic rings. The van der Waals surface area contributed by atoms with Gasteiger partial charge in [0.1, 0.15) is 11.9 Å². The average Bonchev–Trinajstić information content (AvgIpc) is 2.05. The van der Waals surface area contributed by atoms with Crippen LogP contribution in [0, 0.1) is 17.1 Å². The molecule has 0 spiro atoms. The van der Waals surface area contributed by atoms with Crippen LogP contribution in [0.25, 0.3) is 0 Å². The maximum absolute atomic E-state index is 13.0. The smallest absolute Gasteiger partial charge is 0.176 e. The van der Waals surface area contributed by atoms with E-state index in [4.69, 9.17) is 5.26 Å². The van der Waals surface area contributed by atoms with Crippen LogP contribution in [0.3, 0.4) is 0 Å². The van der Waals surface area contributed by atoms with Crippen LogP contribution in [0.2, 0.25) is 0 Å². The summed E-state index contributed by atoms with van der Waals surface area (Å²) in [6, 6.07) is 7.29. The van der Waals surface area contributed by atoms with Gasteiger partial charge in [0.25, 0.3) is 0 Å². The molecule has 0 fully saturated rings. The Morgan fingerprint density at radius 2 is 2.08 bits per heavy atom. The first-order valence-corrected chi connectivity index (χ1v) is 3.46. The Morgan fingerprint density at radius 1 is 1.50 bits per heavy atom. The average molecular weight is 165 g/mol. The van der Waals surface area contributed by atoms with Gasteiger partial charge < -0.3 is 5.11 Å². The second-order valence-corrected chi connectivity index (χ2v) is 2.66. The van der Waals surface area contributed by atoms with Crippen molar-refractivity contribution in [2.75, 3.05) is 0 Å². The Hall–Kier alpha value is -1.40. The Kier molecular flexibility index (Phi) is 2.11. The van der Waals surface area contributed by atoms with Crippen molar-refractivity contribution in [3.63, 3.8) is 0 Å². The number of nitrogens with zero attached hydrogens (tertiary/aromatic N) is 1. The standard InChI is InChI=1S/C9H8FNO/c1-9(12,6-11)7-4-2-3-5-8(7)10/h2-5,12H,1H3/t9-/m1/s1. The molecule has 0 aromatic heterocycles. The molecule has 1 N–H and O–H groups in total. The van der Waals surface area contributed by atoms with Crippen LogP contribution in [0.5, 0.6) is 0 Å². The summed E-state index contributed by atoms with van der Waals surface area (Å²) in [5.74, 6) is -0.566. The van der Waals surface area contributed by atoms with Crippen molar-refractivity contribution in [1.82, 2.24) is 0 Å². The number of nitriles is 1. The number of halogens is 1. The fraction of sp³-hybridized carbons (Fsp3) is 0.222. The molecule has 0 unspecified atom stereocenters. The summed E-state index contributed by atoms with van der Waals surface area (Å²) in [6.07, 6.45) is 0. The van der Waals surface area contributed by atoms with Gasteiger partial charge in [-0.15, -0.1) is 0 Å². The van der Waals surface area contributed by atoms with E-state index in [2.05, 4.69) is 0 Å². The monoisotopic (exact) mass is 165 g/mol. The van der Waals surface area contributed by atoms with E-state index in [0.29, 0.717) is 0 Å². The summed E-state index contributed by atoms with van der Waals surface area (Å²) >= 11 is 0. The summed E-state index contributed by atoms with van der Waals surface area (Å²) < 4.78 is 13.0. The van der Waals surface area contributed by atoms with Crippen molar-refractivity contribution in [3.05, 3.63) is 35.6 Å². The maximum Gasteiger partial charge on any atom is 0.176 e. The van der Waals surface area contributed by atoms with Gasteiger partial charge in [-0.1, -0.05) is 18.2 Å². The number of aliphatic hydroxyl groups is 1. The van der Waals surface area contributed by atoms with Gasteiger partial charge in [0, 0.05) is 5.56 Å². The van der Waals surface area contributed by atoms with E-state index in [1.807, 2.05) is 0 Å². The van der Waals surface area contributed by atoms with Gasteiger partial charge >= 0.3 is 0 Å². The maximum atomic E-state index is 13.0. The van der Waals surface area contributed by atoms with Gasteiger partial charge in [-0.2, -0.15) is 5.26 Å². The zero-order valence-corrected chi connectivity index (χ0v) is 6.58. The van der Waals surface area contributed by atoms with Gasteiger partial charge in [-0.25, -0.2) is 4.39 Å². The van der Waals surface area contributed by atoms with E-state index in [-0.39, 0.29) is 5.56 Å². The highest BCUT2D eigenvalue weighted by Gasteiger charge is 2.25. The number of hydrogen-bond acceptors (Lipinski definition) is 2. The Morgan fingerprint density at radius 3 is 2.58 bits per heavy atom. The number of hydrogen-bond donors (Lipinski definition) is 1. The van der Waals surface area contributed by atoms with Crippen LogP contribution >= 0.6 is 0 Å². The van der Waals surface area contributed by atoms with E-state index < -0.39 is 11.4 Å². The van der Waals surface area contributed by atoms with Crippen LogP contribution in [0.1, 0.15) is 12.5 Å². The molecule has 1 aromatic rings. The Balaban J connectivity index is 3.22. The highest BCUT2D eigenvalue weighted by molar-refractivity contribution is 5.28. The molecule has 0 aliphatic carbocycles. The zero-order valence-electron chi connectivity index (χ0n) is 6.58. The molecule has 2 nitrogen and oxygen atoms in total. The van der Waals surface area contributed by atoms with Gasteiger partial charge in [-0.3, -0.25) is 0 Å². The minimum absolute atomic E-state index is 0.00694. The van der Waals surface area contributed by atoms with E-state index in [1.54, 1.807) is 12.1 Å². The highest BCUT2D eigenvalue weighted by atomic mass is 19.1. The molecule has 0 aliphatic heterocycles. The van der Waals surface area contributed by atoms with Crippen LogP contribution in [-0.4, -0.2) is 5.11 Å². The van der Waals surface area contributed by atoms with Crippen LogP contribution in [0.4, 0.5) is 4.39 Å². The summed E-state index contributed by atoms with van der Waals surface area (Å²) in [5.41, 5.74) is -1.74. The second-order valence-electron chi connectivity index (χ2n) is 2.66. The lowest BCUT2D eigenvalue weighted by atomic mass is 9.97. The van der Waals surface area contributed by atoms with Crippen molar-refractivity contribution in [2.24, 2.45) is 0 Å². The molecule has 0 amide bonds. The molecular formula is C9H8FNO. The minimum Gasteiger partial charge on any atom is -0.372 e. The Labute approximate surface area is 69.9 Å². The molecule has 1 rings (SSSR count). The van der Waals surface area contributed by atoms with Crippen molar-refractivity contribution >= 4 is 0 Å². The first-order chi connectivity index (χ1) is 5.58. The highest BCUT2D eigenvalue weighted by Crippen LogP contribution is 2.21. The molecule has 0 heterocycles. The van der Waals surface area contributed by atoms with E-state index >= 15 is 0 Å². The molecule has 62 valence electrons. The van der Waals surface area contributed by atoms with Gasteiger partial charge in [0.05, 0.1) is 0 Å². The van der Waals surface area contributed by atoms with Crippen LogP contribution in [0.15, 0.2) is 24.3 Å². The largest absolute Gasteiger partial charge is 0.372 e. The van der Waals surface area contributed by atoms with Crippen molar-refractivity contribution in [2.45, 2.75) is 12.5 Å². The quantitative estimate of drug-likeness (QED) is 0.641. The summed E-state index contributed by atoms with van der Waals surface area (Å²) in [7, 11) is 0. The van der Waals surface area contributed by atoms with E-state index in [9.17, 15) is 9.50 Å². The normalized spacial score (nSPS) is 14.8. The lowest BCUT2D eigenvalue weighted by Crippen LogP contribution is -2.19. The van der Waals surface area contributed by atoms with Crippen molar-refractivity contribution in [1.29, 1.82) is 5.26 Å². The molecule has 3 heteroatoms. The first-order valence-electron chi connectivity index (χ1n) is 3.46. The molecule has 0 saturated heterocycles. The third-order valence-corrected chi connectivity index (χ3v) is 1.62. The topological polar surface area (TPSA) is 44.0 Å². The van der Waals surface area contributed by atoms with Crippen molar-refractivity contribution in [3.8, 4) is 6.07 Å². The van der Waals surface area contributed by atoms with Gasteiger partial charge in [-0.05, 0) is 13.0 Å². The molecule has 1 atom stereocenters. The third-order valence-electron chi connectivity index (χ3n) is 1.62. The van der Waals surface area contributed by atoms with E-state index in [1.165, 1.54) is 25.1 Å². The summed E-state index contributed by atoms with van der Waals surface area (Å²) in [6.45, 7) is 1.26. The molecule has 0 bridgehead atoms. The van der Waals surface area contributed by atoms with Gasteiger partial charge in [0.15, 0.2) is 5.60 Å². The molecular weight excluding hydrogens is 157 g/mol. The van der Waals surface area contributed by atoms with E-state index in [0.717, 1.165) is 0 Å². The third kappa shape index (κ3) is 1.44. The number of rotatable bonds is 1. The molecule has 0 saturated carbocycles. The fourth-order valence-corrected chi connectivity index (χ4v) is 0.916. The second kappa shape index (κ2) is 2.92. The minimum atomic E-state index is -1.74. The number of benzene rings is 1. The lowest BCUT2D eigenvalue weighted by molar-refractivity contribution is 0.115. The van der Waals surface area contributed by atoms with Crippen LogP contribution < -0.4 is 0 Å². The molecule has 1 aromatic carbocycles. The first kappa shape index (κ1) is 8.69. The predicted octanol–water partition coefficient (Wildman–Crippen LogP) is 1.56.